The second-order valence-corrected chi connectivity index (χ2v) is 4.39. The minimum absolute atomic E-state index is 0.0438. The molecule has 0 saturated carbocycles. The normalized spacial score (nSPS) is 16.5. The van der Waals surface area contributed by atoms with Crippen molar-refractivity contribution in [2.45, 2.75) is 38.5 Å². The highest BCUT2D eigenvalue weighted by atomic mass is 16.4. The van der Waals surface area contributed by atoms with Crippen LogP contribution in [0.1, 0.15) is 44.4 Å². The first-order valence-corrected chi connectivity index (χ1v) is 5.87. The Kier molecular flexibility index (Phi) is 2.96. The highest BCUT2D eigenvalue weighted by molar-refractivity contribution is 5.87. The molecule has 17 heavy (non-hydrogen) atoms. The van der Waals surface area contributed by atoms with Gasteiger partial charge in [0.05, 0.1) is 12.1 Å². The molecule has 90 valence electrons. The fourth-order valence-corrected chi connectivity index (χ4v) is 2.54. The molecule has 1 aliphatic rings. The quantitative estimate of drug-likeness (QED) is 0.865. The maximum atomic E-state index is 10.9. The number of carboxylic acids is 1. The summed E-state index contributed by atoms with van der Waals surface area (Å²) in [6.45, 7) is 4.21. The third-order valence-corrected chi connectivity index (χ3v) is 3.58. The number of carbonyl (C=O) groups is 1. The van der Waals surface area contributed by atoms with Crippen molar-refractivity contribution in [3.05, 3.63) is 29.9 Å². The molecule has 0 spiro atoms. The van der Waals surface area contributed by atoms with E-state index in [2.05, 4.69) is 29.9 Å². The molecule has 0 bridgehead atoms. The van der Waals surface area contributed by atoms with Gasteiger partial charge >= 0.3 is 5.97 Å². The van der Waals surface area contributed by atoms with E-state index in [-0.39, 0.29) is 11.8 Å². The molecule has 0 radical (unpaired) electrons. The SMILES string of the molecule is CCC1(CC)C=C(CC(=O)O)c2cncnc21. The summed E-state index contributed by atoms with van der Waals surface area (Å²) in [5.41, 5.74) is 2.62. The van der Waals surface area contributed by atoms with Gasteiger partial charge in [-0.05, 0) is 18.4 Å². The standard InChI is InChI=1S/C13H16N2O2/c1-3-13(4-2)6-9(5-11(16)17)10-7-14-8-15-12(10)13/h6-8H,3-5H2,1-2H3,(H,16,17). The van der Waals surface area contributed by atoms with Gasteiger partial charge in [0.1, 0.15) is 6.33 Å². The molecule has 2 rings (SSSR count). The molecule has 1 N–H and O–H groups in total. The van der Waals surface area contributed by atoms with Gasteiger partial charge < -0.3 is 5.11 Å². The summed E-state index contributed by atoms with van der Waals surface area (Å²) in [6.07, 6.45) is 7.23. The number of fused-ring (bicyclic) bond motifs is 1. The summed E-state index contributed by atoms with van der Waals surface area (Å²) in [5, 5.41) is 8.93. The van der Waals surface area contributed by atoms with E-state index >= 15 is 0 Å². The Bertz CT molecular complexity index is 476. The van der Waals surface area contributed by atoms with E-state index in [1.54, 1.807) is 6.20 Å². The van der Waals surface area contributed by atoms with E-state index in [9.17, 15) is 4.79 Å². The van der Waals surface area contributed by atoms with Crippen LogP contribution in [0.3, 0.4) is 0 Å². The zero-order chi connectivity index (χ0) is 12.5. The fourth-order valence-electron chi connectivity index (χ4n) is 2.54. The zero-order valence-electron chi connectivity index (χ0n) is 10.1. The molecular weight excluding hydrogens is 216 g/mol. The van der Waals surface area contributed by atoms with Crippen molar-refractivity contribution in [1.82, 2.24) is 9.97 Å². The lowest BCUT2D eigenvalue weighted by Gasteiger charge is -2.24. The van der Waals surface area contributed by atoms with Crippen molar-refractivity contribution in [2.24, 2.45) is 0 Å². The van der Waals surface area contributed by atoms with Gasteiger partial charge in [-0.2, -0.15) is 0 Å². The van der Waals surface area contributed by atoms with Gasteiger partial charge in [0.25, 0.3) is 0 Å². The van der Waals surface area contributed by atoms with E-state index in [1.165, 1.54) is 6.33 Å². The van der Waals surface area contributed by atoms with Crippen molar-refractivity contribution >= 4 is 11.5 Å². The molecular formula is C13H16N2O2. The van der Waals surface area contributed by atoms with Crippen LogP contribution >= 0.6 is 0 Å². The van der Waals surface area contributed by atoms with E-state index in [1.807, 2.05) is 0 Å². The Morgan fingerprint density at radius 3 is 2.71 bits per heavy atom. The molecule has 0 atom stereocenters. The Hall–Kier alpha value is -1.71. The van der Waals surface area contributed by atoms with Crippen LogP contribution in [-0.2, 0) is 10.2 Å². The predicted molar refractivity (Wildman–Crippen MR) is 64.5 cm³/mol. The molecule has 0 saturated heterocycles. The van der Waals surface area contributed by atoms with Crippen molar-refractivity contribution in [3.8, 4) is 0 Å². The van der Waals surface area contributed by atoms with Crippen LogP contribution in [0, 0.1) is 0 Å². The van der Waals surface area contributed by atoms with Crippen LogP contribution in [-0.4, -0.2) is 21.0 Å². The summed E-state index contributed by atoms with van der Waals surface area (Å²) >= 11 is 0. The number of hydrogen-bond acceptors (Lipinski definition) is 3. The van der Waals surface area contributed by atoms with Crippen molar-refractivity contribution < 1.29 is 9.90 Å². The smallest absolute Gasteiger partial charge is 0.307 e. The number of hydrogen-bond donors (Lipinski definition) is 1. The summed E-state index contributed by atoms with van der Waals surface area (Å²) in [6, 6.07) is 0. The number of aliphatic carboxylic acids is 1. The number of carboxylic acid groups (broad SMARTS) is 1. The monoisotopic (exact) mass is 232 g/mol. The van der Waals surface area contributed by atoms with E-state index in [4.69, 9.17) is 5.11 Å². The molecule has 1 heterocycles. The second kappa shape index (κ2) is 4.28. The summed E-state index contributed by atoms with van der Waals surface area (Å²) in [5.74, 6) is -0.811. The molecule has 0 aromatic carbocycles. The van der Waals surface area contributed by atoms with Crippen LogP contribution < -0.4 is 0 Å². The highest BCUT2D eigenvalue weighted by Crippen LogP contribution is 2.44. The third-order valence-electron chi connectivity index (χ3n) is 3.58. The first kappa shape index (κ1) is 11.8. The predicted octanol–water partition coefficient (Wildman–Crippen LogP) is 2.41. The summed E-state index contributed by atoms with van der Waals surface area (Å²) < 4.78 is 0. The van der Waals surface area contributed by atoms with Crippen LogP contribution in [0.4, 0.5) is 0 Å². The van der Waals surface area contributed by atoms with E-state index in [0.29, 0.717) is 0 Å². The van der Waals surface area contributed by atoms with Crippen molar-refractivity contribution in [1.29, 1.82) is 0 Å². The number of nitrogens with zero attached hydrogens (tertiary/aromatic N) is 2. The lowest BCUT2D eigenvalue weighted by molar-refractivity contribution is -0.135. The van der Waals surface area contributed by atoms with Gasteiger partial charge in [-0.15, -0.1) is 0 Å². The molecule has 0 fully saturated rings. The van der Waals surface area contributed by atoms with Crippen LogP contribution in [0.15, 0.2) is 18.6 Å². The maximum Gasteiger partial charge on any atom is 0.307 e. The topological polar surface area (TPSA) is 63.1 Å². The summed E-state index contributed by atoms with van der Waals surface area (Å²) in [4.78, 5) is 19.2. The first-order valence-electron chi connectivity index (χ1n) is 5.87. The average Bonchev–Trinajstić information content (AvgIpc) is 2.64. The molecule has 4 heteroatoms. The largest absolute Gasteiger partial charge is 0.481 e. The van der Waals surface area contributed by atoms with E-state index in [0.717, 1.165) is 29.7 Å². The minimum atomic E-state index is -0.811. The zero-order valence-corrected chi connectivity index (χ0v) is 10.1. The minimum Gasteiger partial charge on any atom is -0.481 e. The highest BCUT2D eigenvalue weighted by Gasteiger charge is 2.37. The number of allylic oxidation sites excluding steroid dienone is 1. The fraction of sp³-hybridized carbons (Fsp3) is 0.462. The van der Waals surface area contributed by atoms with Crippen molar-refractivity contribution in [2.75, 3.05) is 0 Å². The first-order chi connectivity index (χ1) is 8.13. The maximum absolute atomic E-state index is 10.9. The summed E-state index contributed by atoms with van der Waals surface area (Å²) in [7, 11) is 0. The Morgan fingerprint density at radius 2 is 2.12 bits per heavy atom. The third kappa shape index (κ3) is 1.84. The molecule has 1 aliphatic carbocycles. The number of rotatable bonds is 4. The average molecular weight is 232 g/mol. The molecule has 0 aliphatic heterocycles. The lowest BCUT2D eigenvalue weighted by atomic mass is 9.81. The van der Waals surface area contributed by atoms with Gasteiger partial charge in [-0.25, -0.2) is 9.97 Å². The molecule has 0 amide bonds. The molecule has 1 aromatic rings. The molecule has 4 nitrogen and oxygen atoms in total. The number of aromatic nitrogens is 2. The Morgan fingerprint density at radius 1 is 1.41 bits per heavy atom. The van der Waals surface area contributed by atoms with Crippen LogP contribution in [0.2, 0.25) is 0 Å². The van der Waals surface area contributed by atoms with E-state index < -0.39 is 5.97 Å². The van der Waals surface area contributed by atoms with Gasteiger partial charge in [0.2, 0.25) is 0 Å². The van der Waals surface area contributed by atoms with Gasteiger partial charge in [-0.3, -0.25) is 4.79 Å². The van der Waals surface area contributed by atoms with Crippen molar-refractivity contribution in [3.63, 3.8) is 0 Å². The van der Waals surface area contributed by atoms with Gasteiger partial charge in [0.15, 0.2) is 0 Å². The van der Waals surface area contributed by atoms with Crippen LogP contribution in [0.25, 0.3) is 5.57 Å². The molecule has 0 unspecified atom stereocenters. The molecule has 1 aromatic heterocycles. The van der Waals surface area contributed by atoms with Gasteiger partial charge in [-0.1, -0.05) is 19.9 Å². The second-order valence-electron chi connectivity index (χ2n) is 4.39. The lowest BCUT2D eigenvalue weighted by Crippen LogP contribution is -2.20. The Labute approximate surface area is 100 Å². The Balaban J connectivity index is 2.52. The van der Waals surface area contributed by atoms with Crippen LogP contribution in [0.5, 0.6) is 0 Å². The van der Waals surface area contributed by atoms with Gasteiger partial charge in [0, 0.05) is 17.2 Å².